The molecule has 1 fully saturated rings. The van der Waals surface area contributed by atoms with E-state index < -0.39 is 0 Å². The van der Waals surface area contributed by atoms with Gasteiger partial charge in [-0.1, -0.05) is 36.4 Å². The predicted octanol–water partition coefficient (Wildman–Crippen LogP) is 5.21. The van der Waals surface area contributed by atoms with Gasteiger partial charge in [-0.15, -0.1) is 0 Å². The lowest BCUT2D eigenvalue weighted by Gasteiger charge is -2.38. The molecule has 5 rings (SSSR count). The number of pyridine rings is 2. The highest BCUT2D eigenvalue weighted by molar-refractivity contribution is 5.91. The zero-order chi connectivity index (χ0) is 23.7. The van der Waals surface area contributed by atoms with Crippen LogP contribution in [0.1, 0.15) is 38.3 Å². The van der Waals surface area contributed by atoms with E-state index in [1.54, 1.807) is 12.4 Å². The van der Waals surface area contributed by atoms with Crippen LogP contribution >= 0.6 is 0 Å². The molecule has 0 aliphatic carbocycles. The van der Waals surface area contributed by atoms with Crippen molar-refractivity contribution < 1.29 is 5.11 Å². The maximum atomic E-state index is 13.6. The van der Waals surface area contributed by atoms with Crippen molar-refractivity contribution in [2.24, 2.45) is 0 Å². The maximum Gasteiger partial charge on any atom is 0.256 e. The lowest BCUT2D eigenvalue weighted by Crippen LogP contribution is -2.43. The first-order valence-corrected chi connectivity index (χ1v) is 12.1. The smallest absolute Gasteiger partial charge is 0.256 e. The number of likely N-dealkylation sites (tertiary alicyclic amines) is 1. The summed E-state index contributed by atoms with van der Waals surface area (Å²) in [5, 5.41) is 12.1. The zero-order valence-corrected chi connectivity index (χ0v) is 19.7. The van der Waals surface area contributed by atoms with Crippen molar-refractivity contribution in [3.63, 3.8) is 0 Å². The Morgan fingerprint density at radius 2 is 1.82 bits per heavy atom. The van der Waals surface area contributed by atoms with E-state index in [1.807, 2.05) is 37.3 Å². The summed E-state index contributed by atoms with van der Waals surface area (Å²) in [5.74, 6) is 0.277. The quantitative estimate of drug-likeness (QED) is 0.435. The first kappa shape index (κ1) is 22.5. The van der Waals surface area contributed by atoms with Gasteiger partial charge in [-0.05, 0) is 85.0 Å². The number of β-amino-alcohol motifs (C(OH)–C–C–N with tert-alkyl or cyclic N) is 1. The number of benzene rings is 2. The molecule has 34 heavy (non-hydrogen) atoms. The molecule has 0 saturated carbocycles. The van der Waals surface area contributed by atoms with Crippen LogP contribution in [-0.4, -0.2) is 45.2 Å². The molecule has 1 unspecified atom stereocenters. The number of rotatable bonds is 5. The van der Waals surface area contributed by atoms with Gasteiger partial charge < -0.3 is 10.1 Å². The van der Waals surface area contributed by atoms with Crippen molar-refractivity contribution in [2.75, 3.05) is 13.1 Å². The number of aromatic amines is 1. The predicted molar refractivity (Wildman–Crippen MR) is 138 cm³/mol. The standard InChI is InChI=1S/C29H31N3O2/c1-19-15-24(11-14-32(19)18-20(2)33)27-17-26(22-9-12-30-13-10-22)28(29(34)31-27)25-8-7-21-5-3-4-6-23(21)16-25/h3-10,12-13,16-17,19-20,24,33H,11,14-15,18H2,1-2H3,(H,31,34)/t19-,20+,24?/m1/s1. The van der Waals surface area contributed by atoms with E-state index >= 15 is 0 Å². The van der Waals surface area contributed by atoms with E-state index in [4.69, 9.17) is 0 Å². The third-order valence-electron chi connectivity index (χ3n) is 7.04. The summed E-state index contributed by atoms with van der Waals surface area (Å²) < 4.78 is 0. The molecule has 3 atom stereocenters. The van der Waals surface area contributed by atoms with Crippen LogP contribution < -0.4 is 5.56 Å². The Morgan fingerprint density at radius 1 is 1.06 bits per heavy atom. The van der Waals surface area contributed by atoms with Crippen molar-refractivity contribution in [3.8, 4) is 22.3 Å². The Morgan fingerprint density at radius 3 is 2.56 bits per heavy atom. The van der Waals surface area contributed by atoms with Crippen LogP contribution in [0.15, 0.2) is 77.9 Å². The molecular weight excluding hydrogens is 422 g/mol. The third kappa shape index (κ3) is 4.54. The van der Waals surface area contributed by atoms with Gasteiger partial charge in [0.1, 0.15) is 0 Å². The summed E-state index contributed by atoms with van der Waals surface area (Å²) in [5.41, 5.74) is 4.47. The van der Waals surface area contributed by atoms with E-state index in [9.17, 15) is 9.90 Å². The molecule has 2 N–H and O–H groups in total. The summed E-state index contributed by atoms with van der Waals surface area (Å²) in [4.78, 5) is 23.3. The van der Waals surface area contributed by atoms with Gasteiger partial charge in [0.2, 0.25) is 0 Å². The lowest BCUT2D eigenvalue weighted by molar-refractivity contribution is 0.0764. The van der Waals surface area contributed by atoms with Crippen molar-refractivity contribution >= 4 is 10.8 Å². The van der Waals surface area contributed by atoms with E-state index in [1.165, 1.54) is 0 Å². The number of aliphatic hydroxyl groups excluding tert-OH is 1. The number of fused-ring (bicyclic) bond motifs is 1. The van der Waals surface area contributed by atoms with Crippen LogP contribution in [0.2, 0.25) is 0 Å². The number of aromatic nitrogens is 2. The second-order valence-electron chi connectivity index (χ2n) is 9.55. The van der Waals surface area contributed by atoms with Gasteiger partial charge in [0.25, 0.3) is 5.56 Å². The fourth-order valence-electron chi connectivity index (χ4n) is 5.30. The SMILES string of the molecule is C[C@H](O)CN1CCC(c2cc(-c3ccncc3)c(-c3ccc4ccccc4c3)c(=O)[nH]2)C[C@H]1C. The second-order valence-corrected chi connectivity index (χ2v) is 9.55. The van der Waals surface area contributed by atoms with Crippen LogP contribution in [0.25, 0.3) is 33.0 Å². The largest absolute Gasteiger partial charge is 0.392 e. The highest BCUT2D eigenvalue weighted by Gasteiger charge is 2.28. The van der Waals surface area contributed by atoms with Gasteiger partial charge in [0.05, 0.1) is 11.7 Å². The van der Waals surface area contributed by atoms with Crippen molar-refractivity contribution in [1.29, 1.82) is 0 Å². The zero-order valence-electron chi connectivity index (χ0n) is 19.7. The minimum Gasteiger partial charge on any atom is -0.392 e. The summed E-state index contributed by atoms with van der Waals surface area (Å²) in [6.07, 6.45) is 5.12. The molecule has 0 amide bonds. The average molecular weight is 454 g/mol. The van der Waals surface area contributed by atoms with E-state index in [0.717, 1.165) is 52.5 Å². The molecule has 4 aromatic rings. The monoisotopic (exact) mass is 453 g/mol. The van der Waals surface area contributed by atoms with Crippen LogP contribution in [0.5, 0.6) is 0 Å². The number of H-pyrrole nitrogens is 1. The highest BCUT2D eigenvalue weighted by atomic mass is 16.3. The lowest BCUT2D eigenvalue weighted by atomic mass is 9.86. The summed E-state index contributed by atoms with van der Waals surface area (Å²) in [7, 11) is 0. The van der Waals surface area contributed by atoms with Gasteiger partial charge in [-0.25, -0.2) is 0 Å². The topological polar surface area (TPSA) is 69.2 Å². The Bertz CT molecular complexity index is 1350. The number of hydrogen-bond donors (Lipinski definition) is 2. The highest BCUT2D eigenvalue weighted by Crippen LogP contribution is 2.36. The van der Waals surface area contributed by atoms with Gasteiger partial charge in [0.15, 0.2) is 0 Å². The molecule has 0 radical (unpaired) electrons. The maximum absolute atomic E-state index is 13.6. The minimum absolute atomic E-state index is 0.0568. The molecule has 5 nitrogen and oxygen atoms in total. The molecule has 1 aliphatic rings. The van der Waals surface area contributed by atoms with Gasteiger partial charge in [-0.3, -0.25) is 14.7 Å². The molecule has 3 heterocycles. The normalized spacial score (nSPS) is 19.9. The van der Waals surface area contributed by atoms with Crippen molar-refractivity contribution in [2.45, 2.75) is 44.8 Å². The Kier molecular flexibility index (Phi) is 6.31. The number of aliphatic hydroxyl groups is 1. The molecule has 174 valence electrons. The van der Waals surface area contributed by atoms with Gasteiger partial charge >= 0.3 is 0 Å². The number of nitrogens with zero attached hydrogens (tertiary/aromatic N) is 2. The fraction of sp³-hybridized carbons (Fsp3) is 0.310. The Balaban J connectivity index is 1.58. The van der Waals surface area contributed by atoms with Gasteiger partial charge in [-0.2, -0.15) is 0 Å². The van der Waals surface area contributed by atoms with Crippen LogP contribution in [0, 0.1) is 0 Å². The van der Waals surface area contributed by atoms with E-state index in [2.05, 4.69) is 52.1 Å². The summed E-state index contributed by atoms with van der Waals surface area (Å²) in [6, 6.07) is 20.9. The second kappa shape index (κ2) is 9.53. The third-order valence-corrected chi connectivity index (χ3v) is 7.04. The van der Waals surface area contributed by atoms with Crippen LogP contribution in [0.4, 0.5) is 0 Å². The molecule has 2 aromatic carbocycles. The molecular formula is C29H31N3O2. The summed E-state index contributed by atoms with van der Waals surface area (Å²) in [6.45, 7) is 5.64. The molecule has 1 saturated heterocycles. The number of hydrogen-bond acceptors (Lipinski definition) is 4. The molecule has 2 aromatic heterocycles. The minimum atomic E-state index is -0.335. The average Bonchev–Trinajstić information content (AvgIpc) is 2.85. The van der Waals surface area contributed by atoms with Crippen LogP contribution in [0.3, 0.4) is 0 Å². The first-order chi connectivity index (χ1) is 16.5. The summed E-state index contributed by atoms with van der Waals surface area (Å²) >= 11 is 0. The van der Waals surface area contributed by atoms with Gasteiger partial charge in [0, 0.05) is 36.6 Å². The fourth-order valence-corrected chi connectivity index (χ4v) is 5.30. The Hall–Kier alpha value is -3.28. The molecule has 0 bridgehead atoms. The molecule has 0 spiro atoms. The first-order valence-electron chi connectivity index (χ1n) is 12.1. The van der Waals surface area contributed by atoms with E-state index in [0.29, 0.717) is 18.2 Å². The number of piperidine rings is 1. The van der Waals surface area contributed by atoms with Crippen molar-refractivity contribution in [3.05, 3.63) is 89.1 Å². The molecule has 5 heteroatoms. The van der Waals surface area contributed by atoms with Crippen LogP contribution in [-0.2, 0) is 0 Å². The number of nitrogens with one attached hydrogen (secondary N) is 1. The molecule has 1 aliphatic heterocycles. The Labute approximate surface area is 200 Å². The van der Waals surface area contributed by atoms with Crippen molar-refractivity contribution in [1.82, 2.24) is 14.9 Å². The van der Waals surface area contributed by atoms with E-state index in [-0.39, 0.29) is 17.6 Å².